The van der Waals surface area contributed by atoms with Gasteiger partial charge >= 0.3 is 5.97 Å². The molecule has 2 aromatic rings. The molecule has 0 bridgehead atoms. The lowest BCUT2D eigenvalue weighted by Gasteiger charge is -2.06. The molecule has 6 nitrogen and oxygen atoms in total. The summed E-state index contributed by atoms with van der Waals surface area (Å²) >= 11 is 0. The summed E-state index contributed by atoms with van der Waals surface area (Å²) in [6.07, 6.45) is 4.09. The monoisotopic (exact) mass is 313 g/mol. The third-order valence-electron chi connectivity index (χ3n) is 2.83. The number of rotatable bonds is 6. The molecule has 2 rings (SSSR count). The Hall–Kier alpha value is -3.15. The van der Waals surface area contributed by atoms with Crippen molar-refractivity contribution in [3.8, 4) is 0 Å². The minimum atomic E-state index is -0.658. The Labute approximate surface area is 132 Å². The Kier molecular flexibility index (Phi) is 5.46. The average molecular weight is 313 g/mol. The highest BCUT2D eigenvalue weighted by Gasteiger charge is 2.07. The number of Topliss-reactive ketones (excluding diaryl/α,β-unsaturated/α-hetero) is 1. The van der Waals surface area contributed by atoms with Crippen LogP contribution in [0.15, 0.2) is 53.2 Å². The van der Waals surface area contributed by atoms with E-state index in [-0.39, 0.29) is 5.78 Å². The molecule has 0 aliphatic rings. The number of furan rings is 1. The van der Waals surface area contributed by atoms with E-state index in [0.717, 1.165) is 0 Å². The van der Waals surface area contributed by atoms with Gasteiger partial charge in [-0.05, 0) is 37.3 Å². The molecule has 0 radical (unpaired) electrons. The normalized spacial score (nSPS) is 10.5. The molecule has 1 amide bonds. The number of anilines is 1. The third-order valence-corrected chi connectivity index (χ3v) is 2.83. The zero-order chi connectivity index (χ0) is 16.7. The van der Waals surface area contributed by atoms with Crippen molar-refractivity contribution in [2.24, 2.45) is 0 Å². The summed E-state index contributed by atoms with van der Waals surface area (Å²) in [6.45, 7) is 1.01. The van der Waals surface area contributed by atoms with E-state index in [1.165, 1.54) is 25.3 Å². The first-order valence-corrected chi connectivity index (χ1v) is 6.84. The maximum Gasteiger partial charge on any atom is 0.331 e. The van der Waals surface area contributed by atoms with E-state index in [9.17, 15) is 14.4 Å². The van der Waals surface area contributed by atoms with Crippen LogP contribution in [-0.4, -0.2) is 24.3 Å². The van der Waals surface area contributed by atoms with E-state index >= 15 is 0 Å². The number of benzene rings is 1. The smallest absolute Gasteiger partial charge is 0.331 e. The molecule has 118 valence electrons. The standard InChI is InChI=1S/C17H15NO5/c1-12(19)13-4-2-5-14(10-13)18-16(20)11-23-17(21)8-7-15-6-3-9-22-15/h2-10H,11H2,1H3,(H,18,20). The van der Waals surface area contributed by atoms with Crippen LogP contribution in [0.3, 0.4) is 0 Å². The zero-order valence-corrected chi connectivity index (χ0v) is 12.4. The van der Waals surface area contributed by atoms with Gasteiger partial charge in [-0.15, -0.1) is 0 Å². The van der Waals surface area contributed by atoms with Crippen molar-refractivity contribution in [1.82, 2.24) is 0 Å². The summed E-state index contributed by atoms with van der Waals surface area (Å²) < 4.78 is 9.82. The van der Waals surface area contributed by atoms with E-state index in [0.29, 0.717) is 17.0 Å². The first-order chi connectivity index (χ1) is 11.0. The number of hydrogen-bond donors (Lipinski definition) is 1. The second-order valence-corrected chi connectivity index (χ2v) is 4.64. The summed E-state index contributed by atoms with van der Waals surface area (Å²) in [5.41, 5.74) is 0.950. The van der Waals surface area contributed by atoms with Gasteiger partial charge in [0.1, 0.15) is 5.76 Å². The molecule has 0 spiro atoms. The lowest BCUT2D eigenvalue weighted by molar-refractivity contribution is -0.142. The van der Waals surface area contributed by atoms with Crippen molar-refractivity contribution in [2.75, 3.05) is 11.9 Å². The number of carbonyl (C=O) groups excluding carboxylic acids is 3. The van der Waals surface area contributed by atoms with Crippen LogP contribution in [-0.2, 0) is 14.3 Å². The van der Waals surface area contributed by atoms with E-state index in [4.69, 9.17) is 9.15 Å². The number of ether oxygens (including phenoxy) is 1. The number of esters is 1. The molecule has 0 fully saturated rings. The van der Waals surface area contributed by atoms with Crippen LogP contribution < -0.4 is 5.32 Å². The van der Waals surface area contributed by atoms with Crippen molar-refractivity contribution in [1.29, 1.82) is 0 Å². The molecule has 0 saturated heterocycles. The number of nitrogens with one attached hydrogen (secondary N) is 1. The molecular formula is C17H15NO5. The highest BCUT2D eigenvalue weighted by molar-refractivity contribution is 5.98. The summed E-state index contributed by atoms with van der Waals surface area (Å²) in [5.74, 6) is -0.748. The van der Waals surface area contributed by atoms with Gasteiger partial charge in [0, 0.05) is 17.3 Å². The molecule has 0 aliphatic carbocycles. The van der Waals surface area contributed by atoms with Crippen LogP contribution in [0.25, 0.3) is 6.08 Å². The van der Waals surface area contributed by atoms with Gasteiger partial charge in [0.25, 0.3) is 5.91 Å². The summed E-state index contributed by atoms with van der Waals surface area (Å²) in [5, 5.41) is 2.55. The SMILES string of the molecule is CC(=O)c1cccc(NC(=O)COC(=O)C=Cc2ccco2)c1. The topological polar surface area (TPSA) is 85.6 Å². The van der Waals surface area contributed by atoms with E-state index in [1.54, 1.807) is 36.4 Å². The Morgan fingerprint density at radius 2 is 2.04 bits per heavy atom. The minimum absolute atomic E-state index is 0.101. The molecule has 1 aromatic heterocycles. The summed E-state index contributed by atoms with van der Waals surface area (Å²) in [6, 6.07) is 9.87. The van der Waals surface area contributed by atoms with Gasteiger partial charge < -0.3 is 14.5 Å². The Balaban J connectivity index is 1.82. The second-order valence-electron chi connectivity index (χ2n) is 4.64. The molecule has 1 heterocycles. The fourth-order valence-corrected chi connectivity index (χ4v) is 1.73. The van der Waals surface area contributed by atoms with Gasteiger partial charge in [0.2, 0.25) is 0 Å². The highest BCUT2D eigenvalue weighted by atomic mass is 16.5. The summed E-state index contributed by atoms with van der Waals surface area (Å²) in [7, 11) is 0. The van der Waals surface area contributed by atoms with Crippen LogP contribution in [0.5, 0.6) is 0 Å². The lowest BCUT2D eigenvalue weighted by Crippen LogP contribution is -2.20. The molecule has 6 heteroatoms. The molecule has 0 atom stereocenters. The maximum atomic E-state index is 11.7. The van der Waals surface area contributed by atoms with Gasteiger partial charge in [-0.25, -0.2) is 4.79 Å². The number of amides is 1. The van der Waals surface area contributed by atoms with Crippen molar-refractivity contribution in [3.63, 3.8) is 0 Å². The Bertz CT molecular complexity index is 731. The maximum absolute atomic E-state index is 11.7. The third kappa shape index (κ3) is 5.28. The van der Waals surface area contributed by atoms with Crippen LogP contribution in [0, 0.1) is 0 Å². The lowest BCUT2D eigenvalue weighted by atomic mass is 10.1. The van der Waals surface area contributed by atoms with Gasteiger partial charge in [-0.3, -0.25) is 9.59 Å². The molecule has 1 N–H and O–H groups in total. The average Bonchev–Trinajstić information content (AvgIpc) is 3.04. The molecular weight excluding hydrogens is 298 g/mol. The molecule has 23 heavy (non-hydrogen) atoms. The molecule has 0 saturated carbocycles. The van der Waals surface area contributed by atoms with Crippen LogP contribution >= 0.6 is 0 Å². The number of carbonyl (C=O) groups is 3. The van der Waals surface area contributed by atoms with Gasteiger partial charge in [0.15, 0.2) is 12.4 Å². The van der Waals surface area contributed by atoms with E-state index in [1.807, 2.05) is 0 Å². The molecule has 0 aliphatic heterocycles. The van der Waals surface area contributed by atoms with E-state index in [2.05, 4.69) is 5.32 Å². The van der Waals surface area contributed by atoms with E-state index < -0.39 is 18.5 Å². The van der Waals surface area contributed by atoms with Gasteiger partial charge in [-0.1, -0.05) is 12.1 Å². The molecule has 0 unspecified atom stereocenters. The predicted octanol–water partition coefficient (Wildman–Crippen LogP) is 2.68. The fourth-order valence-electron chi connectivity index (χ4n) is 1.73. The Morgan fingerprint density at radius 1 is 1.22 bits per heavy atom. The Morgan fingerprint density at radius 3 is 2.74 bits per heavy atom. The second kappa shape index (κ2) is 7.74. The number of hydrogen-bond acceptors (Lipinski definition) is 5. The van der Waals surface area contributed by atoms with Crippen molar-refractivity contribution in [2.45, 2.75) is 6.92 Å². The fraction of sp³-hybridized carbons (Fsp3) is 0.118. The van der Waals surface area contributed by atoms with Gasteiger partial charge in [-0.2, -0.15) is 0 Å². The van der Waals surface area contributed by atoms with Crippen molar-refractivity contribution >= 4 is 29.4 Å². The number of ketones is 1. The van der Waals surface area contributed by atoms with Crippen LogP contribution in [0.4, 0.5) is 5.69 Å². The quantitative estimate of drug-likeness (QED) is 0.503. The van der Waals surface area contributed by atoms with Gasteiger partial charge in [0.05, 0.1) is 6.26 Å². The minimum Gasteiger partial charge on any atom is -0.465 e. The van der Waals surface area contributed by atoms with Crippen molar-refractivity contribution < 1.29 is 23.5 Å². The molecule has 1 aromatic carbocycles. The predicted molar refractivity (Wildman–Crippen MR) is 83.8 cm³/mol. The zero-order valence-electron chi connectivity index (χ0n) is 12.4. The summed E-state index contributed by atoms with van der Waals surface area (Å²) in [4.78, 5) is 34.4. The van der Waals surface area contributed by atoms with Crippen LogP contribution in [0.1, 0.15) is 23.0 Å². The largest absolute Gasteiger partial charge is 0.465 e. The van der Waals surface area contributed by atoms with Crippen LogP contribution in [0.2, 0.25) is 0 Å². The first-order valence-electron chi connectivity index (χ1n) is 6.84. The first kappa shape index (κ1) is 16.2. The highest BCUT2D eigenvalue weighted by Crippen LogP contribution is 2.11. The van der Waals surface area contributed by atoms with Crippen molar-refractivity contribution in [3.05, 3.63) is 60.1 Å².